The molecule has 8 heteroatoms. The molecule has 0 unspecified atom stereocenters. The van der Waals surface area contributed by atoms with E-state index in [-0.39, 0.29) is 11.5 Å². The number of carboxylic acid groups (broad SMARTS) is 1. The molecule has 0 atom stereocenters. The van der Waals surface area contributed by atoms with Gasteiger partial charge >= 0.3 is 16.1 Å². The fourth-order valence-electron chi connectivity index (χ4n) is 1.42. The van der Waals surface area contributed by atoms with Crippen molar-refractivity contribution in [2.75, 3.05) is 17.8 Å². The summed E-state index contributed by atoms with van der Waals surface area (Å²) in [6.07, 6.45) is 0.936. The second-order valence-corrected chi connectivity index (χ2v) is 5.54. The van der Waals surface area contributed by atoms with Gasteiger partial charge in [0.05, 0.1) is 6.26 Å². The number of rotatable bonds is 6. The highest BCUT2D eigenvalue weighted by Gasteiger charge is 2.15. The summed E-state index contributed by atoms with van der Waals surface area (Å²) < 4.78 is 27.3. The summed E-state index contributed by atoms with van der Waals surface area (Å²) >= 11 is 0. The van der Waals surface area contributed by atoms with E-state index < -0.39 is 16.1 Å². The molecule has 1 rings (SSSR count). The molecular formula is C12H16N2O5S. The maximum Gasteiger partial charge on any atom is 0.351 e. The molecule has 0 saturated carbocycles. The van der Waals surface area contributed by atoms with Gasteiger partial charge in [-0.3, -0.25) is 5.01 Å². The van der Waals surface area contributed by atoms with Crippen molar-refractivity contribution in [1.82, 2.24) is 0 Å². The van der Waals surface area contributed by atoms with Crippen molar-refractivity contribution >= 4 is 27.5 Å². The lowest BCUT2D eigenvalue weighted by Crippen LogP contribution is -2.22. The van der Waals surface area contributed by atoms with Crippen LogP contribution in [0.25, 0.3) is 0 Å². The van der Waals surface area contributed by atoms with Crippen molar-refractivity contribution in [3.63, 3.8) is 0 Å². The summed E-state index contributed by atoms with van der Waals surface area (Å²) in [6.45, 7) is 3.47. The monoisotopic (exact) mass is 300 g/mol. The second-order valence-electron chi connectivity index (χ2n) is 3.96. The molecule has 0 heterocycles. The van der Waals surface area contributed by atoms with Gasteiger partial charge in [-0.05, 0) is 26.0 Å². The molecule has 0 bridgehead atoms. The topological polar surface area (TPSA) is 96.3 Å². The molecule has 1 N–H and O–H groups in total. The Morgan fingerprint density at radius 1 is 1.40 bits per heavy atom. The molecule has 1 aromatic carbocycles. The lowest BCUT2D eigenvalue weighted by atomic mass is 10.3. The first kappa shape index (κ1) is 16.0. The number of aliphatic carboxylic acids is 1. The number of hydrazone groups is 1. The molecular weight excluding hydrogens is 284 g/mol. The zero-order valence-corrected chi connectivity index (χ0v) is 12.2. The van der Waals surface area contributed by atoms with E-state index in [9.17, 15) is 13.2 Å². The average molecular weight is 300 g/mol. The minimum absolute atomic E-state index is 0.0961. The van der Waals surface area contributed by atoms with Crippen molar-refractivity contribution in [3.05, 3.63) is 24.3 Å². The molecule has 20 heavy (non-hydrogen) atoms. The summed E-state index contributed by atoms with van der Waals surface area (Å²) in [4.78, 5) is 10.8. The number of hydrogen-bond donors (Lipinski definition) is 1. The standard InChI is InChI=1S/C12H16N2O5S/c1-4-14(13-9(2)12(15)16)10-7-5-6-8-11(10)19-20(3,17)18/h5-8H,4H2,1-3H3,(H,15,16). The summed E-state index contributed by atoms with van der Waals surface area (Å²) in [7, 11) is -3.68. The Labute approximate surface area is 117 Å². The number of para-hydroxylation sites is 2. The minimum atomic E-state index is -3.68. The normalized spacial score (nSPS) is 12.1. The Morgan fingerprint density at radius 2 is 2.00 bits per heavy atom. The van der Waals surface area contributed by atoms with Gasteiger partial charge in [-0.1, -0.05) is 12.1 Å². The largest absolute Gasteiger partial charge is 0.477 e. The maximum atomic E-state index is 11.2. The van der Waals surface area contributed by atoms with Crippen molar-refractivity contribution in [1.29, 1.82) is 0 Å². The minimum Gasteiger partial charge on any atom is -0.477 e. The third kappa shape index (κ3) is 4.54. The SMILES string of the molecule is CCN(N=C(C)C(=O)O)c1ccccc1OS(C)(=O)=O. The van der Waals surface area contributed by atoms with E-state index in [0.717, 1.165) is 6.26 Å². The lowest BCUT2D eigenvalue weighted by Gasteiger charge is -2.20. The summed E-state index contributed by atoms with van der Waals surface area (Å²) in [6, 6.07) is 6.37. The summed E-state index contributed by atoms with van der Waals surface area (Å²) in [5, 5.41) is 14.1. The number of anilines is 1. The second kappa shape index (κ2) is 6.38. The predicted molar refractivity (Wildman–Crippen MR) is 75.7 cm³/mol. The van der Waals surface area contributed by atoms with E-state index in [2.05, 4.69) is 5.10 Å². The summed E-state index contributed by atoms with van der Waals surface area (Å²) in [5.41, 5.74) is 0.266. The van der Waals surface area contributed by atoms with Crippen LogP contribution >= 0.6 is 0 Å². The van der Waals surface area contributed by atoms with E-state index >= 15 is 0 Å². The maximum absolute atomic E-state index is 11.2. The van der Waals surface area contributed by atoms with E-state index in [4.69, 9.17) is 9.29 Å². The van der Waals surface area contributed by atoms with Crippen LogP contribution in [0.1, 0.15) is 13.8 Å². The molecule has 0 aliphatic carbocycles. The molecule has 0 fully saturated rings. The molecule has 0 radical (unpaired) electrons. The van der Waals surface area contributed by atoms with Gasteiger partial charge in [-0.25, -0.2) is 4.79 Å². The first-order valence-corrected chi connectivity index (χ1v) is 7.60. The van der Waals surface area contributed by atoms with Crippen LogP contribution in [0.3, 0.4) is 0 Å². The Balaban J connectivity index is 3.23. The average Bonchev–Trinajstić information content (AvgIpc) is 2.34. The highest BCUT2D eigenvalue weighted by molar-refractivity contribution is 7.86. The molecule has 0 amide bonds. The van der Waals surface area contributed by atoms with Crippen molar-refractivity contribution in [2.24, 2.45) is 5.10 Å². The van der Waals surface area contributed by atoms with Crippen LogP contribution in [0.5, 0.6) is 5.75 Å². The van der Waals surface area contributed by atoms with Gasteiger partial charge in [-0.15, -0.1) is 0 Å². The highest BCUT2D eigenvalue weighted by atomic mass is 32.2. The molecule has 110 valence electrons. The predicted octanol–water partition coefficient (Wildman–Crippen LogP) is 1.31. The van der Waals surface area contributed by atoms with Gasteiger partial charge < -0.3 is 9.29 Å². The Kier molecular flexibility index (Phi) is 5.09. The molecule has 0 saturated heterocycles. The third-order valence-corrected chi connectivity index (χ3v) is 2.75. The quantitative estimate of drug-likeness (QED) is 0.483. The number of benzene rings is 1. The summed E-state index contributed by atoms with van der Waals surface area (Å²) in [5.74, 6) is -1.05. The van der Waals surface area contributed by atoms with Crippen LogP contribution in [-0.2, 0) is 14.9 Å². The first-order valence-electron chi connectivity index (χ1n) is 5.79. The fraction of sp³-hybridized carbons (Fsp3) is 0.333. The van der Waals surface area contributed by atoms with Crippen LogP contribution in [0.15, 0.2) is 29.4 Å². The molecule has 0 aromatic heterocycles. The van der Waals surface area contributed by atoms with E-state index in [0.29, 0.717) is 12.2 Å². The molecule has 0 spiro atoms. The van der Waals surface area contributed by atoms with Gasteiger partial charge in [0.25, 0.3) is 0 Å². The number of carbonyl (C=O) groups is 1. The van der Waals surface area contributed by atoms with Crippen LogP contribution in [-0.4, -0.2) is 38.0 Å². The van der Waals surface area contributed by atoms with Gasteiger partial charge in [0.2, 0.25) is 0 Å². The molecule has 1 aromatic rings. The molecule has 0 aliphatic heterocycles. The van der Waals surface area contributed by atoms with Crippen LogP contribution in [0, 0.1) is 0 Å². The number of nitrogens with zero attached hydrogens (tertiary/aromatic N) is 2. The van der Waals surface area contributed by atoms with Gasteiger partial charge in [0, 0.05) is 6.54 Å². The Hall–Kier alpha value is -2.09. The molecule has 0 aliphatic rings. The van der Waals surface area contributed by atoms with Crippen molar-refractivity contribution in [2.45, 2.75) is 13.8 Å². The zero-order valence-electron chi connectivity index (χ0n) is 11.4. The first-order chi connectivity index (χ1) is 9.24. The molecule has 7 nitrogen and oxygen atoms in total. The smallest absolute Gasteiger partial charge is 0.351 e. The van der Waals surface area contributed by atoms with Gasteiger partial charge in [-0.2, -0.15) is 13.5 Å². The van der Waals surface area contributed by atoms with Crippen molar-refractivity contribution in [3.8, 4) is 5.75 Å². The lowest BCUT2D eigenvalue weighted by molar-refractivity contribution is -0.129. The van der Waals surface area contributed by atoms with Crippen LogP contribution in [0.2, 0.25) is 0 Å². The third-order valence-electron chi connectivity index (χ3n) is 2.26. The van der Waals surface area contributed by atoms with E-state index in [1.54, 1.807) is 25.1 Å². The Bertz CT molecular complexity index is 624. The Morgan fingerprint density at radius 3 is 2.50 bits per heavy atom. The fourth-order valence-corrected chi connectivity index (χ4v) is 1.89. The van der Waals surface area contributed by atoms with Gasteiger partial charge in [0.1, 0.15) is 11.4 Å². The zero-order chi connectivity index (χ0) is 15.3. The van der Waals surface area contributed by atoms with E-state index in [1.165, 1.54) is 18.0 Å². The highest BCUT2D eigenvalue weighted by Crippen LogP contribution is 2.29. The van der Waals surface area contributed by atoms with Crippen LogP contribution in [0.4, 0.5) is 5.69 Å². The van der Waals surface area contributed by atoms with E-state index in [1.807, 2.05) is 0 Å². The number of carboxylic acids is 1. The van der Waals surface area contributed by atoms with Crippen molar-refractivity contribution < 1.29 is 22.5 Å². The number of hydrogen-bond acceptors (Lipinski definition) is 6. The van der Waals surface area contributed by atoms with Gasteiger partial charge in [0.15, 0.2) is 5.75 Å². The van der Waals surface area contributed by atoms with Crippen LogP contribution < -0.4 is 9.19 Å².